The second-order valence-electron chi connectivity index (χ2n) is 5.56. The fourth-order valence-electron chi connectivity index (χ4n) is 3.58. The molecule has 15 heavy (non-hydrogen) atoms. The van der Waals surface area contributed by atoms with Crippen molar-refractivity contribution in [3.8, 4) is 0 Å². The van der Waals surface area contributed by atoms with Gasteiger partial charge in [0.2, 0.25) is 0 Å². The molecule has 0 aromatic rings. The van der Waals surface area contributed by atoms with E-state index >= 15 is 0 Å². The first-order valence-corrected chi connectivity index (χ1v) is 6.02. The average Bonchev–Trinajstić information content (AvgIpc) is 2.19. The summed E-state index contributed by atoms with van der Waals surface area (Å²) in [5.41, 5.74) is 6.28. The molecule has 0 aromatic heterocycles. The molecule has 4 atom stereocenters. The SMILES string of the molecule is C[C@]12C[C@@H](C(=O)O)CC[C@H]1CCC[C@H]2N. The minimum absolute atomic E-state index is 0.0829. The quantitative estimate of drug-likeness (QED) is 0.697. The van der Waals surface area contributed by atoms with Crippen LogP contribution in [0.1, 0.15) is 45.4 Å². The van der Waals surface area contributed by atoms with Crippen molar-refractivity contribution in [1.29, 1.82) is 0 Å². The third-order valence-electron chi connectivity index (χ3n) is 4.75. The maximum absolute atomic E-state index is 11.0. The summed E-state index contributed by atoms with van der Waals surface area (Å²) < 4.78 is 0. The Morgan fingerprint density at radius 2 is 2.07 bits per heavy atom. The summed E-state index contributed by atoms with van der Waals surface area (Å²) in [5.74, 6) is -0.125. The van der Waals surface area contributed by atoms with Crippen molar-refractivity contribution >= 4 is 5.97 Å². The summed E-state index contributed by atoms with van der Waals surface area (Å²) in [5, 5.41) is 9.09. The number of carbonyl (C=O) groups is 1. The first-order chi connectivity index (χ1) is 7.04. The van der Waals surface area contributed by atoms with Crippen LogP contribution >= 0.6 is 0 Å². The van der Waals surface area contributed by atoms with Gasteiger partial charge in [-0.25, -0.2) is 0 Å². The van der Waals surface area contributed by atoms with E-state index in [2.05, 4.69) is 6.92 Å². The van der Waals surface area contributed by atoms with Crippen molar-refractivity contribution in [3.63, 3.8) is 0 Å². The molecule has 3 nitrogen and oxygen atoms in total. The van der Waals surface area contributed by atoms with Crippen molar-refractivity contribution in [2.45, 2.75) is 51.5 Å². The van der Waals surface area contributed by atoms with Crippen LogP contribution in [0, 0.1) is 17.3 Å². The highest BCUT2D eigenvalue weighted by atomic mass is 16.4. The monoisotopic (exact) mass is 211 g/mol. The molecule has 0 spiro atoms. The Bertz CT molecular complexity index is 266. The van der Waals surface area contributed by atoms with E-state index in [1.165, 1.54) is 12.8 Å². The Hall–Kier alpha value is -0.570. The summed E-state index contributed by atoms with van der Waals surface area (Å²) in [4.78, 5) is 11.0. The van der Waals surface area contributed by atoms with E-state index in [0.29, 0.717) is 5.92 Å². The van der Waals surface area contributed by atoms with Gasteiger partial charge in [-0.3, -0.25) is 4.79 Å². The number of rotatable bonds is 1. The van der Waals surface area contributed by atoms with Gasteiger partial charge in [0.15, 0.2) is 0 Å². The molecule has 0 radical (unpaired) electrons. The second-order valence-corrected chi connectivity index (χ2v) is 5.56. The fourth-order valence-corrected chi connectivity index (χ4v) is 3.58. The number of hydrogen-bond acceptors (Lipinski definition) is 2. The smallest absolute Gasteiger partial charge is 0.306 e. The van der Waals surface area contributed by atoms with Gasteiger partial charge in [0.05, 0.1) is 5.92 Å². The lowest BCUT2D eigenvalue weighted by atomic mass is 9.56. The van der Waals surface area contributed by atoms with Gasteiger partial charge in [-0.05, 0) is 43.4 Å². The van der Waals surface area contributed by atoms with Crippen LogP contribution in [0.3, 0.4) is 0 Å². The van der Waals surface area contributed by atoms with E-state index in [1.807, 2.05) is 0 Å². The molecule has 2 aliphatic rings. The number of hydrogen-bond donors (Lipinski definition) is 2. The van der Waals surface area contributed by atoms with Crippen LogP contribution < -0.4 is 5.73 Å². The molecule has 0 aliphatic heterocycles. The van der Waals surface area contributed by atoms with Crippen LogP contribution in [0.4, 0.5) is 0 Å². The lowest BCUT2D eigenvalue weighted by Crippen LogP contribution is -2.51. The van der Waals surface area contributed by atoms with Crippen LogP contribution in [0.15, 0.2) is 0 Å². The zero-order valence-electron chi connectivity index (χ0n) is 9.41. The molecule has 2 aliphatic carbocycles. The Balaban J connectivity index is 2.15. The Labute approximate surface area is 91.0 Å². The molecular formula is C12H21NO2. The van der Waals surface area contributed by atoms with E-state index in [-0.39, 0.29) is 17.4 Å². The Morgan fingerprint density at radius 1 is 1.33 bits per heavy atom. The molecule has 0 amide bonds. The number of nitrogens with two attached hydrogens (primary N) is 1. The minimum atomic E-state index is -0.632. The van der Waals surface area contributed by atoms with Gasteiger partial charge in [0.25, 0.3) is 0 Å². The predicted octanol–water partition coefficient (Wildman–Crippen LogP) is 2.00. The number of carboxylic acid groups (broad SMARTS) is 1. The molecule has 2 rings (SSSR count). The molecule has 0 unspecified atom stereocenters. The maximum Gasteiger partial charge on any atom is 0.306 e. The molecule has 0 aromatic carbocycles. The van der Waals surface area contributed by atoms with E-state index in [9.17, 15) is 4.79 Å². The van der Waals surface area contributed by atoms with Gasteiger partial charge < -0.3 is 10.8 Å². The first kappa shape index (κ1) is 10.9. The van der Waals surface area contributed by atoms with Crippen molar-refractivity contribution in [3.05, 3.63) is 0 Å². The molecule has 86 valence electrons. The van der Waals surface area contributed by atoms with E-state index < -0.39 is 5.97 Å². The van der Waals surface area contributed by atoms with E-state index in [4.69, 9.17) is 10.8 Å². The lowest BCUT2D eigenvalue weighted by molar-refractivity contribution is -0.146. The standard InChI is InChI=1S/C12H21NO2/c1-12-7-8(11(14)15)5-6-9(12)3-2-4-10(12)13/h8-10H,2-7,13H2,1H3,(H,14,15)/t8-,9+,10+,12-/m0/s1. The van der Waals surface area contributed by atoms with Crippen LogP contribution in [0.5, 0.6) is 0 Å². The summed E-state index contributed by atoms with van der Waals surface area (Å²) in [6.07, 6.45) is 6.23. The average molecular weight is 211 g/mol. The molecule has 3 heteroatoms. The number of fused-ring (bicyclic) bond motifs is 1. The van der Waals surface area contributed by atoms with E-state index in [0.717, 1.165) is 25.7 Å². The maximum atomic E-state index is 11.0. The number of aliphatic carboxylic acids is 1. The normalized spacial score (nSPS) is 45.9. The zero-order valence-corrected chi connectivity index (χ0v) is 9.41. The highest BCUT2D eigenvalue weighted by Crippen LogP contribution is 2.51. The van der Waals surface area contributed by atoms with Crippen LogP contribution in [-0.4, -0.2) is 17.1 Å². The molecule has 0 heterocycles. The van der Waals surface area contributed by atoms with E-state index in [1.54, 1.807) is 0 Å². The van der Waals surface area contributed by atoms with Crippen LogP contribution in [0.25, 0.3) is 0 Å². The summed E-state index contributed by atoms with van der Waals surface area (Å²) in [6, 6.07) is 0.207. The third kappa shape index (κ3) is 1.78. The minimum Gasteiger partial charge on any atom is -0.481 e. The van der Waals surface area contributed by atoms with Crippen molar-refractivity contribution in [1.82, 2.24) is 0 Å². The van der Waals surface area contributed by atoms with Crippen molar-refractivity contribution in [2.24, 2.45) is 23.0 Å². The van der Waals surface area contributed by atoms with Crippen LogP contribution in [0.2, 0.25) is 0 Å². The molecular weight excluding hydrogens is 190 g/mol. The van der Waals surface area contributed by atoms with Crippen molar-refractivity contribution in [2.75, 3.05) is 0 Å². The summed E-state index contributed by atoms with van der Waals surface area (Å²) in [6.45, 7) is 2.20. The van der Waals surface area contributed by atoms with Gasteiger partial charge in [-0.15, -0.1) is 0 Å². The largest absolute Gasteiger partial charge is 0.481 e. The first-order valence-electron chi connectivity index (χ1n) is 6.02. The molecule has 0 bridgehead atoms. The van der Waals surface area contributed by atoms with Gasteiger partial charge >= 0.3 is 5.97 Å². The molecule has 2 fully saturated rings. The number of carboxylic acids is 1. The zero-order chi connectivity index (χ0) is 11.1. The topological polar surface area (TPSA) is 63.3 Å². The molecule has 3 N–H and O–H groups in total. The van der Waals surface area contributed by atoms with Gasteiger partial charge in [0.1, 0.15) is 0 Å². The molecule has 2 saturated carbocycles. The third-order valence-corrected chi connectivity index (χ3v) is 4.75. The van der Waals surface area contributed by atoms with Crippen LogP contribution in [-0.2, 0) is 4.79 Å². The summed E-state index contributed by atoms with van der Waals surface area (Å²) >= 11 is 0. The van der Waals surface area contributed by atoms with Gasteiger partial charge in [0, 0.05) is 6.04 Å². The van der Waals surface area contributed by atoms with Gasteiger partial charge in [-0.1, -0.05) is 13.3 Å². The lowest BCUT2D eigenvalue weighted by Gasteiger charge is -2.50. The fraction of sp³-hybridized carbons (Fsp3) is 0.917. The molecule has 0 saturated heterocycles. The second kappa shape index (κ2) is 3.78. The van der Waals surface area contributed by atoms with Gasteiger partial charge in [-0.2, -0.15) is 0 Å². The Kier molecular flexibility index (Phi) is 2.75. The Morgan fingerprint density at radius 3 is 2.73 bits per heavy atom. The summed E-state index contributed by atoms with van der Waals surface area (Å²) in [7, 11) is 0. The highest BCUT2D eigenvalue weighted by molar-refractivity contribution is 5.70. The van der Waals surface area contributed by atoms with Crippen molar-refractivity contribution < 1.29 is 9.90 Å². The predicted molar refractivity (Wildman–Crippen MR) is 58.4 cm³/mol. The highest BCUT2D eigenvalue weighted by Gasteiger charge is 2.47.